The van der Waals surface area contributed by atoms with Crippen LogP contribution in [0.2, 0.25) is 0 Å². The van der Waals surface area contributed by atoms with E-state index in [9.17, 15) is 4.79 Å². The molecule has 0 atom stereocenters. The van der Waals surface area contributed by atoms with Crippen LogP contribution in [0.1, 0.15) is 6.92 Å². The van der Waals surface area contributed by atoms with Crippen molar-refractivity contribution in [3.63, 3.8) is 0 Å². The zero-order chi connectivity index (χ0) is 12.3. The van der Waals surface area contributed by atoms with Crippen molar-refractivity contribution in [2.75, 3.05) is 59.4 Å². The van der Waals surface area contributed by atoms with Gasteiger partial charge in [0.15, 0.2) is 0 Å². The molecular formula is C12H24N4O. The van der Waals surface area contributed by atoms with Gasteiger partial charge in [-0.2, -0.15) is 0 Å². The van der Waals surface area contributed by atoms with Gasteiger partial charge in [-0.15, -0.1) is 0 Å². The smallest absolute Gasteiger partial charge is 0.236 e. The Hall–Kier alpha value is -0.650. The van der Waals surface area contributed by atoms with Crippen LogP contribution in [-0.4, -0.2) is 86.1 Å². The molecule has 1 amide bonds. The summed E-state index contributed by atoms with van der Waals surface area (Å²) in [6.45, 7) is 9.94. The lowest BCUT2D eigenvalue weighted by Gasteiger charge is -2.43. The molecule has 2 fully saturated rings. The maximum absolute atomic E-state index is 11.8. The summed E-state index contributed by atoms with van der Waals surface area (Å²) in [5.74, 6) is 0.242. The number of likely N-dealkylation sites (N-methyl/N-ethyl adjacent to an activating group) is 1. The first kappa shape index (κ1) is 12.8. The Morgan fingerprint density at radius 2 is 1.94 bits per heavy atom. The molecule has 2 rings (SSSR count). The molecule has 1 N–H and O–H groups in total. The van der Waals surface area contributed by atoms with E-state index in [1.807, 2.05) is 14.0 Å². The van der Waals surface area contributed by atoms with Crippen LogP contribution in [0.5, 0.6) is 0 Å². The monoisotopic (exact) mass is 240 g/mol. The topological polar surface area (TPSA) is 38.8 Å². The number of rotatable bonds is 4. The predicted octanol–water partition coefficient (Wildman–Crippen LogP) is -0.946. The standard InChI is InChI=1S/C12H24N4O/c1-3-14(2)12(17)10-15-4-6-16(7-5-15)11-8-13-9-11/h11,13H,3-10H2,1-2H3. The molecule has 2 aliphatic heterocycles. The highest BCUT2D eigenvalue weighted by atomic mass is 16.2. The molecule has 2 aliphatic rings. The molecule has 0 aliphatic carbocycles. The van der Waals surface area contributed by atoms with Crippen LogP contribution in [0, 0.1) is 0 Å². The number of hydrogen-bond donors (Lipinski definition) is 1. The van der Waals surface area contributed by atoms with Gasteiger partial charge in [-0.3, -0.25) is 14.6 Å². The number of amides is 1. The summed E-state index contributed by atoms with van der Waals surface area (Å²) in [6.07, 6.45) is 0. The molecule has 0 radical (unpaired) electrons. The van der Waals surface area contributed by atoms with Crippen molar-refractivity contribution >= 4 is 5.91 Å². The molecule has 0 aromatic rings. The number of piperazine rings is 1. The molecule has 0 unspecified atom stereocenters. The first-order valence-corrected chi connectivity index (χ1v) is 6.61. The molecule has 0 aromatic heterocycles. The minimum atomic E-state index is 0.242. The highest BCUT2D eigenvalue weighted by molar-refractivity contribution is 5.77. The van der Waals surface area contributed by atoms with E-state index in [4.69, 9.17) is 0 Å². The van der Waals surface area contributed by atoms with Crippen molar-refractivity contribution in [1.82, 2.24) is 20.0 Å². The largest absolute Gasteiger partial charge is 0.345 e. The minimum Gasteiger partial charge on any atom is -0.345 e. The number of hydrogen-bond acceptors (Lipinski definition) is 4. The van der Waals surface area contributed by atoms with Gasteiger partial charge in [-0.1, -0.05) is 0 Å². The van der Waals surface area contributed by atoms with Gasteiger partial charge in [0, 0.05) is 58.9 Å². The van der Waals surface area contributed by atoms with Crippen molar-refractivity contribution in [2.24, 2.45) is 0 Å². The third kappa shape index (κ3) is 3.18. The fourth-order valence-corrected chi connectivity index (χ4v) is 2.31. The molecule has 0 spiro atoms. The molecule has 2 saturated heterocycles. The molecule has 0 aromatic carbocycles. The zero-order valence-electron chi connectivity index (χ0n) is 11.0. The van der Waals surface area contributed by atoms with Crippen LogP contribution >= 0.6 is 0 Å². The molecule has 0 bridgehead atoms. The van der Waals surface area contributed by atoms with E-state index in [0.717, 1.165) is 51.9 Å². The average Bonchev–Trinajstić information content (AvgIpc) is 2.28. The van der Waals surface area contributed by atoms with Crippen molar-refractivity contribution in [3.05, 3.63) is 0 Å². The summed E-state index contributed by atoms with van der Waals surface area (Å²) >= 11 is 0. The molecule has 17 heavy (non-hydrogen) atoms. The fraction of sp³-hybridized carbons (Fsp3) is 0.917. The second-order valence-corrected chi connectivity index (χ2v) is 5.03. The van der Waals surface area contributed by atoms with E-state index >= 15 is 0 Å². The molecule has 98 valence electrons. The number of nitrogens with one attached hydrogen (secondary N) is 1. The Bertz CT molecular complexity index is 259. The van der Waals surface area contributed by atoms with Gasteiger partial charge in [0.25, 0.3) is 0 Å². The molecule has 5 nitrogen and oxygen atoms in total. The average molecular weight is 240 g/mol. The lowest BCUT2D eigenvalue weighted by molar-refractivity contribution is -0.131. The van der Waals surface area contributed by atoms with E-state index in [0.29, 0.717) is 6.54 Å². The van der Waals surface area contributed by atoms with Gasteiger partial charge in [0.05, 0.1) is 6.54 Å². The summed E-state index contributed by atoms with van der Waals surface area (Å²) in [4.78, 5) is 18.4. The summed E-state index contributed by atoms with van der Waals surface area (Å²) in [7, 11) is 1.87. The summed E-state index contributed by atoms with van der Waals surface area (Å²) in [6, 6.07) is 0.742. The van der Waals surface area contributed by atoms with Gasteiger partial charge < -0.3 is 10.2 Å². The van der Waals surface area contributed by atoms with Crippen molar-refractivity contribution in [3.8, 4) is 0 Å². The van der Waals surface area contributed by atoms with E-state index < -0.39 is 0 Å². The lowest BCUT2D eigenvalue weighted by Crippen LogP contribution is -2.62. The fourth-order valence-electron chi connectivity index (χ4n) is 2.31. The van der Waals surface area contributed by atoms with Gasteiger partial charge >= 0.3 is 0 Å². The van der Waals surface area contributed by atoms with Gasteiger partial charge in [0.2, 0.25) is 5.91 Å². The number of carbonyl (C=O) groups excluding carboxylic acids is 1. The first-order valence-electron chi connectivity index (χ1n) is 6.61. The Balaban J connectivity index is 1.69. The number of carbonyl (C=O) groups is 1. The third-order valence-corrected chi connectivity index (χ3v) is 3.94. The maximum atomic E-state index is 11.8. The van der Waals surface area contributed by atoms with E-state index in [1.54, 1.807) is 4.90 Å². The summed E-state index contributed by atoms with van der Waals surface area (Å²) < 4.78 is 0. The molecule has 0 saturated carbocycles. The second-order valence-electron chi connectivity index (χ2n) is 5.03. The van der Waals surface area contributed by atoms with Crippen LogP contribution in [0.3, 0.4) is 0 Å². The van der Waals surface area contributed by atoms with Gasteiger partial charge in [-0.05, 0) is 6.92 Å². The quantitative estimate of drug-likeness (QED) is 0.688. The maximum Gasteiger partial charge on any atom is 0.236 e. The van der Waals surface area contributed by atoms with Crippen LogP contribution in [-0.2, 0) is 4.79 Å². The highest BCUT2D eigenvalue weighted by Crippen LogP contribution is 2.09. The summed E-state index contributed by atoms with van der Waals surface area (Å²) in [5, 5.41) is 3.31. The van der Waals surface area contributed by atoms with Crippen LogP contribution in [0.25, 0.3) is 0 Å². The lowest BCUT2D eigenvalue weighted by atomic mass is 10.1. The molecule has 5 heteroatoms. The Morgan fingerprint density at radius 1 is 1.29 bits per heavy atom. The minimum absolute atomic E-state index is 0.242. The zero-order valence-corrected chi connectivity index (χ0v) is 11.0. The predicted molar refractivity (Wildman–Crippen MR) is 68.0 cm³/mol. The Morgan fingerprint density at radius 3 is 2.41 bits per heavy atom. The first-order chi connectivity index (χ1) is 8.20. The van der Waals surface area contributed by atoms with Gasteiger partial charge in [0.1, 0.15) is 0 Å². The molecule has 2 heterocycles. The van der Waals surface area contributed by atoms with Crippen LogP contribution in [0.4, 0.5) is 0 Å². The van der Waals surface area contributed by atoms with E-state index in [-0.39, 0.29) is 5.91 Å². The Kier molecular flexibility index (Phi) is 4.36. The highest BCUT2D eigenvalue weighted by Gasteiger charge is 2.28. The molecular weight excluding hydrogens is 216 g/mol. The van der Waals surface area contributed by atoms with Crippen LogP contribution in [0.15, 0.2) is 0 Å². The van der Waals surface area contributed by atoms with Gasteiger partial charge in [-0.25, -0.2) is 0 Å². The third-order valence-electron chi connectivity index (χ3n) is 3.94. The number of nitrogens with zero attached hydrogens (tertiary/aromatic N) is 3. The summed E-state index contributed by atoms with van der Waals surface area (Å²) in [5.41, 5.74) is 0. The van der Waals surface area contributed by atoms with Crippen LogP contribution < -0.4 is 5.32 Å². The normalized spacial score (nSPS) is 23.4. The van der Waals surface area contributed by atoms with E-state index in [2.05, 4.69) is 15.1 Å². The SMILES string of the molecule is CCN(C)C(=O)CN1CCN(C2CNC2)CC1. The van der Waals surface area contributed by atoms with Crippen molar-refractivity contribution in [1.29, 1.82) is 0 Å². The van der Waals surface area contributed by atoms with Crippen molar-refractivity contribution < 1.29 is 4.79 Å². The van der Waals surface area contributed by atoms with E-state index in [1.165, 1.54) is 0 Å². The van der Waals surface area contributed by atoms with Crippen molar-refractivity contribution in [2.45, 2.75) is 13.0 Å². The second kappa shape index (κ2) is 5.80. The Labute approximate surface area is 104 Å².